The molecule has 2 aliphatic rings. The Hall–Kier alpha value is -2.48. The van der Waals surface area contributed by atoms with Crippen molar-refractivity contribution in [3.8, 4) is 11.5 Å². The van der Waals surface area contributed by atoms with E-state index >= 15 is 0 Å². The van der Waals surface area contributed by atoms with Gasteiger partial charge in [0.05, 0.1) is 12.6 Å². The highest BCUT2D eigenvalue weighted by Gasteiger charge is 2.32. The van der Waals surface area contributed by atoms with Crippen molar-refractivity contribution >= 4 is 17.6 Å². The van der Waals surface area contributed by atoms with Gasteiger partial charge in [0.15, 0.2) is 11.5 Å². The van der Waals surface area contributed by atoms with Crippen molar-refractivity contribution in [3.05, 3.63) is 18.2 Å². The van der Waals surface area contributed by atoms with E-state index in [1.165, 1.54) is 0 Å². The molecule has 0 bridgehead atoms. The molecule has 0 radical (unpaired) electrons. The first-order chi connectivity index (χ1) is 11.7. The number of carbonyl (C=O) groups is 2. The Bertz CT molecular complexity index is 622. The zero-order chi connectivity index (χ0) is 16.9. The van der Waals surface area contributed by atoms with Crippen LogP contribution in [0.3, 0.4) is 0 Å². The molecule has 1 atom stereocenters. The van der Waals surface area contributed by atoms with Gasteiger partial charge in [0.25, 0.3) is 0 Å². The standard InChI is InChI=1S/C16H21N3O5/c1-22-5-4-17-16(21)18-11-8-15(20)19(10-11)12-2-3-13-14(9-12)24-7-6-23-13/h2-3,9,11H,4-8,10H2,1H3,(H2,17,18,21). The summed E-state index contributed by atoms with van der Waals surface area (Å²) in [6.45, 7) is 2.32. The summed E-state index contributed by atoms with van der Waals surface area (Å²) < 4.78 is 15.9. The van der Waals surface area contributed by atoms with Crippen LogP contribution in [0.2, 0.25) is 0 Å². The second kappa shape index (κ2) is 7.39. The maximum Gasteiger partial charge on any atom is 0.315 e. The van der Waals surface area contributed by atoms with Gasteiger partial charge in [0.1, 0.15) is 13.2 Å². The number of methoxy groups -OCH3 is 1. The molecule has 0 aromatic heterocycles. The number of anilines is 1. The van der Waals surface area contributed by atoms with Gasteiger partial charge in [-0.2, -0.15) is 0 Å². The predicted octanol–water partition coefficient (Wildman–Crippen LogP) is 0.509. The third kappa shape index (κ3) is 3.70. The van der Waals surface area contributed by atoms with Crippen molar-refractivity contribution in [3.63, 3.8) is 0 Å². The molecule has 1 aromatic carbocycles. The van der Waals surface area contributed by atoms with Crippen molar-refractivity contribution in [2.24, 2.45) is 0 Å². The van der Waals surface area contributed by atoms with E-state index in [0.29, 0.717) is 44.4 Å². The summed E-state index contributed by atoms with van der Waals surface area (Å²) in [5.41, 5.74) is 0.744. The molecular weight excluding hydrogens is 314 g/mol. The monoisotopic (exact) mass is 335 g/mol. The lowest BCUT2D eigenvalue weighted by atomic mass is 10.2. The van der Waals surface area contributed by atoms with Crippen LogP contribution in [-0.4, -0.2) is 58.0 Å². The molecule has 1 fully saturated rings. The largest absolute Gasteiger partial charge is 0.486 e. The highest BCUT2D eigenvalue weighted by molar-refractivity contribution is 5.97. The molecule has 130 valence electrons. The average molecular weight is 335 g/mol. The van der Waals surface area contributed by atoms with Crippen LogP contribution < -0.4 is 25.0 Å². The topological polar surface area (TPSA) is 89.1 Å². The molecule has 24 heavy (non-hydrogen) atoms. The van der Waals surface area contributed by atoms with Gasteiger partial charge in [0.2, 0.25) is 5.91 Å². The van der Waals surface area contributed by atoms with E-state index in [4.69, 9.17) is 14.2 Å². The van der Waals surface area contributed by atoms with Crippen LogP contribution in [-0.2, 0) is 9.53 Å². The molecule has 8 heteroatoms. The summed E-state index contributed by atoms with van der Waals surface area (Å²) in [5, 5.41) is 5.49. The van der Waals surface area contributed by atoms with Crippen LogP contribution >= 0.6 is 0 Å². The Morgan fingerprint density at radius 3 is 2.92 bits per heavy atom. The number of ether oxygens (including phenoxy) is 3. The maximum absolute atomic E-state index is 12.3. The van der Waals surface area contributed by atoms with Crippen LogP contribution in [0.15, 0.2) is 18.2 Å². The van der Waals surface area contributed by atoms with Gasteiger partial charge in [-0.05, 0) is 12.1 Å². The summed E-state index contributed by atoms with van der Waals surface area (Å²) in [7, 11) is 1.57. The Morgan fingerprint density at radius 2 is 2.12 bits per heavy atom. The van der Waals surface area contributed by atoms with E-state index < -0.39 is 0 Å². The summed E-state index contributed by atoms with van der Waals surface area (Å²) in [6.07, 6.45) is 0.270. The summed E-state index contributed by atoms with van der Waals surface area (Å²) in [5.74, 6) is 1.29. The summed E-state index contributed by atoms with van der Waals surface area (Å²) in [6, 6.07) is 4.90. The summed E-state index contributed by atoms with van der Waals surface area (Å²) >= 11 is 0. The van der Waals surface area contributed by atoms with E-state index in [-0.39, 0.29) is 24.4 Å². The number of hydrogen-bond acceptors (Lipinski definition) is 5. The minimum atomic E-state index is -0.297. The Morgan fingerprint density at radius 1 is 1.33 bits per heavy atom. The Kier molecular flexibility index (Phi) is 5.05. The number of nitrogens with zero attached hydrogens (tertiary/aromatic N) is 1. The van der Waals surface area contributed by atoms with Crippen LogP contribution in [0.25, 0.3) is 0 Å². The quantitative estimate of drug-likeness (QED) is 0.766. The van der Waals surface area contributed by atoms with Crippen molar-refractivity contribution in [1.82, 2.24) is 10.6 Å². The molecule has 0 spiro atoms. The Labute approximate surface area is 140 Å². The van der Waals surface area contributed by atoms with E-state index in [9.17, 15) is 9.59 Å². The first kappa shape index (κ1) is 16.4. The fourth-order valence-electron chi connectivity index (χ4n) is 2.76. The molecule has 2 aliphatic heterocycles. The van der Waals surface area contributed by atoms with Gasteiger partial charge in [-0.3, -0.25) is 4.79 Å². The average Bonchev–Trinajstić information content (AvgIpc) is 2.95. The van der Waals surface area contributed by atoms with Crippen LogP contribution in [0.5, 0.6) is 11.5 Å². The molecule has 1 aromatic rings. The minimum Gasteiger partial charge on any atom is -0.486 e. The molecule has 0 saturated carbocycles. The molecule has 1 saturated heterocycles. The molecule has 2 N–H and O–H groups in total. The van der Waals surface area contributed by atoms with Crippen LogP contribution in [0.1, 0.15) is 6.42 Å². The third-order valence-corrected chi connectivity index (χ3v) is 3.89. The second-order valence-corrected chi connectivity index (χ2v) is 5.63. The SMILES string of the molecule is COCCNC(=O)NC1CC(=O)N(c2ccc3c(c2)OCCO3)C1. The number of fused-ring (bicyclic) bond motifs is 1. The number of hydrogen-bond donors (Lipinski definition) is 2. The number of urea groups is 1. The minimum absolute atomic E-state index is 0.0335. The van der Waals surface area contributed by atoms with E-state index in [0.717, 1.165) is 5.69 Å². The first-order valence-electron chi connectivity index (χ1n) is 7.90. The number of carbonyl (C=O) groups excluding carboxylic acids is 2. The number of nitrogens with one attached hydrogen (secondary N) is 2. The highest BCUT2D eigenvalue weighted by atomic mass is 16.6. The van der Waals surface area contributed by atoms with Crippen molar-refractivity contribution in [2.45, 2.75) is 12.5 Å². The molecule has 3 amide bonds. The van der Waals surface area contributed by atoms with Crippen LogP contribution in [0.4, 0.5) is 10.5 Å². The van der Waals surface area contributed by atoms with Gasteiger partial charge in [-0.25, -0.2) is 4.79 Å². The molecule has 2 heterocycles. The van der Waals surface area contributed by atoms with Gasteiger partial charge >= 0.3 is 6.03 Å². The molecular formula is C16H21N3O5. The number of rotatable bonds is 5. The van der Waals surface area contributed by atoms with Crippen molar-refractivity contribution in [1.29, 1.82) is 0 Å². The fraction of sp³-hybridized carbons (Fsp3) is 0.500. The predicted molar refractivity (Wildman–Crippen MR) is 86.6 cm³/mol. The third-order valence-electron chi connectivity index (χ3n) is 3.89. The smallest absolute Gasteiger partial charge is 0.315 e. The lowest BCUT2D eigenvalue weighted by Crippen LogP contribution is -2.44. The van der Waals surface area contributed by atoms with Gasteiger partial charge < -0.3 is 29.7 Å². The lowest BCUT2D eigenvalue weighted by Gasteiger charge is -2.22. The van der Waals surface area contributed by atoms with E-state index in [1.807, 2.05) is 6.07 Å². The fourth-order valence-corrected chi connectivity index (χ4v) is 2.76. The van der Waals surface area contributed by atoms with E-state index in [2.05, 4.69) is 10.6 Å². The second-order valence-electron chi connectivity index (χ2n) is 5.63. The van der Waals surface area contributed by atoms with Crippen LogP contribution in [0, 0.1) is 0 Å². The van der Waals surface area contributed by atoms with E-state index in [1.54, 1.807) is 24.1 Å². The number of benzene rings is 1. The normalized spacial score (nSPS) is 19.3. The van der Waals surface area contributed by atoms with Gasteiger partial charge in [-0.1, -0.05) is 0 Å². The number of amides is 3. The van der Waals surface area contributed by atoms with Gasteiger partial charge in [0, 0.05) is 38.4 Å². The maximum atomic E-state index is 12.3. The lowest BCUT2D eigenvalue weighted by molar-refractivity contribution is -0.117. The van der Waals surface area contributed by atoms with Crippen molar-refractivity contribution < 1.29 is 23.8 Å². The van der Waals surface area contributed by atoms with Crippen molar-refractivity contribution in [2.75, 3.05) is 44.9 Å². The zero-order valence-electron chi connectivity index (χ0n) is 13.5. The van der Waals surface area contributed by atoms with Gasteiger partial charge in [-0.15, -0.1) is 0 Å². The highest BCUT2D eigenvalue weighted by Crippen LogP contribution is 2.35. The molecule has 8 nitrogen and oxygen atoms in total. The molecule has 1 unspecified atom stereocenters. The summed E-state index contributed by atoms with van der Waals surface area (Å²) in [4.78, 5) is 25.7. The Balaban J connectivity index is 1.59. The first-order valence-corrected chi connectivity index (χ1v) is 7.90. The molecule has 3 rings (SSSR count). The molecule has 0 aliphatic carbocycles. The zero-order valence-corrected chi connectivity index (χ0v) is 13.5.